The maximum absolute atomic E-state index is 10.1. The Morgan fingerprint density at radius 3 is 2.85 bits per heavy atom. The molecule has 4 heteroatoms. The van der Waals surface area contributed by atoms with E-state index in [4.69, 9.17) is 4.74 Å². The normalized spacial score (nSPS) is 19.2. The van der Waals surface area contributed by atoms with Crippen molar-refractivity contribution in [3.63, 3.8) is 0 Å². The van der Waals surface area contributed by atoms with E-state index in [1.165, 1.54) is 19.3 Å². The topological polar surface area (TPSA) is 44.7 Å². The number of rotatable bonds is 6. The molecule has 1 saturated heterocycles. The van der Waals surface area contributed by atoms with Crippen molar-refractivity contribution in [3.8, 4) is 11.5 Å². The first-order valence-electron chi connectivity index (χ1n) is 7.54. The van der Waals surface area contributed by atoms with Crippen LogP contribution in [0.3, 0.4) is 0 Å². The van der Waals surface area contributed by atoms with Crippen molar-refractivity contribution in [2.45, 2.75) is 38.8 Å². The summed E-state index contributed by atoms with van der Waals surface area (Å²) in [6.45, 7) is 6.12. The molecule has 1 fully saturated rings. The highest BCUT2D eigenvalue weighted by Gasteiger charge is 2.16. The number of phenols is 1. The zero-order valence-electron chi connectivity index (χ0n) is 12.6. The number of hydrogen-bond donors (Lipinski definition) is 2. The van der Waals surface area contributed by atoms with Gasteiger partial charge in [0.2, 0.25) is 0 Å². The van der Waals surface area contributed by atoms with Crippen molar-refractivity contribution in [1.82, 2.24) is 10.2 Å². The summed E-state index contributed by atoms with van der Waals surface area (Å²) in [5, 5.41) is 13.6. The monoisotopic (exact) mass is 278 g/mol. The van der Waals surface area contributed by atoms with E-state index < -0.39 is 0 Å². The molecule has 112 valence electrons. The Kier molecular flexibility index (Phi) is 5.68. The summed E-state index contributed by atoms with van der Waals surface area (Å²) in [6, 6.07) is 6.12. The van der Waals surface area contributed by atoms with Gasteiger partial charge < -0.3 is 15.2 Å². The molecule has 1 aromatic rings. The fourth-order valence-electron chi connectivity index (χ4n) is 2.74. The minimum absolute atomic E-state index is 0.319. The fraction of sp³-hybridized carbons (Fsp3) is 0.625. The Hall–Kier alpha value is -1.26. The van der Waals surface area contributed by atoms with Crippen LogP contribution in [0.1, 0.15) is 31.7 Å². The summed E-state index contributed by atoms with van der Waals surface area (Å²) in [6.07, 6.45) is 3.87. The summed E-state index contributed by atoms with van der Waals surface area (Å²) in [7, 11) is 1.61. The van der Waals surface area contributed by atoms with Gasteiger partial charge in [-0.3, -0.25) is 4.90 Å². The number of methoxy groups -OCH3 is 1. The number of aromatic hydroxyl groups is 1. The predicted molar refractivity (Wildman–Crippen MR) is 81.3 cm³/mol. The smallest absolute Gasteiger partial charge is 0.123 e. The van der Waals surface area contributed by atoms with Crippen molar-refractivity contribution in [1.29, 1.82) is 0 Å². The third kappa shape index (κ3) is 4.12. The Balaban J connectivity index is 1.94. The molecule has 0 spiro atoms. The third-order valence-electron chi connectivity index (χ3n) is 4.02. The van der Waals surface area contributed by atoms with Crippen molar-refractivity contribution in [2.75, 3.05) is 26.7 Å². The van der Waals surface area contributed by atoms with Gasteiger partial charge in [-0.2, -0.15) is 0 Å². The van der Waals surface area contributed by atoms with Crippen LogP contribution in [0.5, 0.6) is 11.5 Å². The fourth-order valence-corrected chi connectivity index (χ4v) is 2.74. The van der Waals surface area contributed by atoms with E-state index in [1.807, 2.05) is 12.1 Å². The van der Waals surface area contributed by atoms with Crippen LogP contribution in [0.15, 0.2) is 18.2 Å². The van der Waals surface area contributed by atoms with Gasteiger partial charge in [0.15, 0.2) is 0 Å². The van der Waals surface area contributed by atoms with E-state index in [0.717, 1.165) is 31.7 Å². The molecule has 1 aliphatic rings. The van der Waals surface area contributed by atoms with E-state index in [9.17, 15) is 5.11 Å². The lowest BCUT2D eigenvalue weighted by atomic mass is 10.0. The maximum Gasteiger partial charge on any atom is 0.123 e. The highest BCUT2D eigenvalue weighted by molar-refractivity contribution is 5.39. The Morgan fingerprint density at radius 2 is 2.25 bits per heavy atom. The third-order valence-corrected chi connectivity index (χ3v) is 4.02. The van der Waals surface area contributed by atoms with Gasteiger partial charge in [0, 0.05) is 30.8 Å². The zero-order chi connectivity index (χ0) is 14.4. The molecule has 0 bridgehead atoms. The lowest BCUT2D eigenvalue weighted by Gasteiger charge is -2.30. The van der Waals surface area contributed by atoms with Gasteiger partial charge >= 0.3 is 0 Å². The summed E-state index contributed by atoms with van der Waals surface area (Å²) in [5.41, 5.74) is 0.962. The highest BCUT2D eigenvalue weighted by Crippen LogP contribution is 2.24. The second kappa shape index (κ2) is 7.50. The Labute approximate surface area is 121 Å². The van der Waals surface area contributed by atoms with Gasteiger partial charge in [-0.15, -0.1) is 0 Å². The molecule has 1 aliphatic heterocycles. The number of phenolic OH excluding ortho intramolecular Hbond substituents is 1. The molecule has 2 rings (SSSR count). The molecular weight excluding hydrogens is 252 g/mol. The van der Waals surface area contributed by atoms with E-state index in [2.05, 4.69) is 17.1 Å². The highest BCUT2D eigenvalue weighted by atomic mass is 16.5. The molecule has 20 heavy (non-hydrogen) atoms. The average Bonchev–Trinajstić information content (AvgIpc) is 2.49. The first-order chi connectivity index (χ1) is 9.72. The number of hydrogen-bond acceptors (Lipinski definition) is 4. The Morgan fingerprint density at radius 1 is 1.40 bits per heavy atom. The second-order valence-electron chi connectivity index (χ2n) is 5.47. The van der Waals surface area contributed by atoms with Gasteiger partial charge in [-0.25, -0.2) is 0 Å². The van der Waals surface area contributed by atoms with E-state index in [-0.39, 0.29) is 0 Å². The molecule has 0 saturated carbocycles. The molecule has 1 aromatic carbocycles. The van der Waals surface area contributed by atoms with Crippen molar-refractivity contribution >= 4 is 0 Å². The number of nitrogens with zero attached hydrogens (tertiary/aromatic N) is 1. The minimum Gasteiger partial charge on any atom is -0.507 e. The lowest BCUT2D eigenvalue weighted by molar-refractivity contribution is 0.224. The number of likely N-dealkylation sites (N-methyl/N-ethyl adjacent to an activating group) is 1. The van der Waals surface area contributed by atoms with Crippen LogP contribution in [0.2, 0.25) is 0 Å². The molecule has 2 N–H and O–H groups in total. The molecule has 0 radical (unpaired) electrons. The lowest BCUT2D eigenvalue weighted by Crippen LogP contribution is -2.43. The number of piperidine rings is 1. The largest absolute Gasteiger partial charge is 0.507 e. The molecule has 4 nitrogen and oxygen atoms in total. The van der Waals surface area contributed by atoms with Gasteiger partial charge in [-0.1, -0.05) is 19.4 Å². The summed E-state index contributed by atoms with van der Waals surface area (Å²) in [5.74, 6) is 1.02. The van der Waals surface area contributed by atoms with Gasteiger partial charge in [0.25, 0.3) is 0 Å². The SMILES string of the molecule is CCN(Cc1ccc(OC)cc1O)CC1CCCCN1. The molecule has 0 aliphatic carbocycles. The van der Waals surface area contributed by atoms with Crippen LogP contribution < -0.4 is 10.1 Å². The van der Waals surface area contributed by atoms with Gasteiger partial charge in [0.1, 0.15) is 11.5 Å². The van der Waals surface area contributed by atoms with Gasteiger partial charge in [-0.05, 0) is 32.0 Å². The zero-order valence-corrected chi connectivity index (χ0v) is 12.6. The average molecular weight is 278 g/mol. The molecular formula is C16H26N2O2. The first-order valence-corrected chi connectivity index (χ1v) is 7.54. The van der Waals surface area contributed by atoms with Crippen LogP contribution in [-0.2, 0) is 6.54 Å². The molecule has 0 aromatic heterocycles. The van der Waals surface area contributed by atoms with Crippen LogP contribution in [0.25, 0.3) is 0 Å². The predicted octanol–water partition coefficient (Wildman–Crippen LogP) is 2.36. The first kappa shape index (κ1) is 15.1. The number of nitrogens with one attached hydrogen (secondary N) is 1. The van der Waals surface area contributed by atoms with Crippen LogP contribution >= 0.6 is 0 Å². The van der Waals surface area contributed by atoms with Crippen molar-refractivity contribution < 1.29 is 9.84 Å². The van der Waals surface area contributed by atoms with E-state index in [1.54, 1.807) is 13.2 Å². The maximum atomic E-state index is 10.1. The standard InChI is InChI=1S/C16H26N2O2/c1-3-18(12-14-6-4-5-9-17-14)11-13-7-8-15(20-2)10-16(13)19/h7-8,10,14,17,19H,3-6,9,11-12H2,1-2H3. The molecule has 0 amide bonds. The van der Waals surface area contributed by atoms with Crippen LogP contribution in [-0.4, -0.2) is 42.8 Å². The van der Waals surface area contributed by atoms with E-state index in [0.29, 0.717) is 17.5 Å². The molecule has 1 atom stereocenters. The molecule has 1 heterocycles. The summed E-state index contributed by atoms with van der Waals surface area (Å²) in [4.78, 5) is 2.38. The van der Waals surface area contributed by atoms with Crippen LogP contribution in [0, 0.1) is 0 Å². The van der Waals surface area contributed by atoms with Crippen molar-refractivity contribution in [3.05, 3.63) is 23.8 Å². The van der Waals surface area contributed by atoms with Gasteiger partial charge in [0.05, 0.1) is 7.11 Å². The van der Waals surface area contributed by atoms with Crippen molar-refractivity contribution in [2.24, 2.45) is 0 Å². The minimum atomic E-state index is 0.319. The van der Waals surface area contributed by atoms with Crippen LogP contribution in [0.4, 0.5) is 0 Å². The Bertz CT molecular complexity index is 417. The second-order valence-corrected chi connectivity index (χ2v) is 5.47. The quantitative estimate of drug-likeness (QED) is 0.838. The van der Waals surface area contributed by atoms with E-state index >= 15 is 0 Å². The molecule has 1 unspecified atom stereocenters. The number of benzene rings is 1. The number of ether oxygens (including phenoxy) is 1. The summed E-state index contributed by atoms with van der Waals surface area (Å²) >= 11 is 0. The summed E-state index contributed by atoms with van der Waals surface area (Å²) < 4.78 is 5.12.